The number of carbonyl (C=O) groups excluding carboxylic acids is 3. The second-order valence-corrected chi connectivity index (χ2v) is 8.71. The van der Waals surface area contributed by atoms with Crippen molar-refractivity contribution in [2.45, 2.75) is 44.7 Å². The predicted molar refractivity (Wildman–Crippen MR) is 128 cm³/mol. The van der Waals surface area contributed by atoms with Gasteiger partial charge in [-0.2, -0.15) is 0 Å². The summed E-state index contributed by atoms with van der Waals surface area (Å²) in [6.45, 7) is 3.53. The summed E-state index contributed by atoms with van der Waals surface area (Å²) in [6, 6.07) is 13.6. The Morgan fingerprint density at radius 1 is 0.943 bits per heavy atom. The van der Waals surface area contributed by atoms with E-state index in [4.69, 9.17) is 4.74 Å². The summed E-state index contributed by atoms with van der Waals surface area (Å²) in [6.07, 6.45) is -1.08. The van der Waals surface area contributed by atoms with E-state index in [9.17, 15) is 24.3 Å². The van der Waals surface area contributed by atoms with Crippen LogP contribution in [0.25, 0.3) is 11.1 Å². The van der Waals surface area contributed by atoms with E-state index < -0.39 is 36.0 Å². The van der Waals surface area contributed by atoms with Crippen LogP contribution in [0.15, 0.2) is 48.5 Å². The first kappa shape index (κ1) is 25.7. The Morgan fingerprint density at radius 3 is 2.03 bits per heavy atom. The Balaban J connectivity index is 1.63. The first-order chi connectivity index (χ1) is 16.7. The molecule has 3 rings (SSSR count). The van der Waals surface area contributed by atoms with Crippen LogP contribution in [0.2, 0.25) is 0 Å². The number of amides is 2. The maximum atomic E-state index is 12.8. The van der Waals surface area contributed by atoms with Gasteiger partial charge in [0.15, 0.2) is 0 Å². The molecule has 2 aromatic rings. The molecule has 2 amide bonds. The molecule has 2 aromatic carbocycles. The van der Waals surface area contributed by atoms with Gasteiger partial charge in [-0.3, -0.25) is 9.59 Å². The summed E-state index contributed by atoms with van der Waals surface area (Å²) in [7, 11) is 1.20. The number of benzene rings is 2. The highest BCUT2D eigenvalue weighted by Crippen LogP contribution is 2.44. The Hall–Kier alpha value is -3.88. The maximum absolute atomic E-state index is 12.8. The average Bonchev–Trinajstić information content (AvgIpc) is 3.16. The fraction of sp³-hybridized carbons (Fsp3) is 0.385. The number of carbonyl (C=O) groups is 4. The molecule has 1 unspecified atom stereocenters. The smallest absolute Gasteiger partial charge is 0.407 e. The first-order valence-electron chi connectivity index (χ1n) is 11.4. The van der Waals surface area contributed by atoms with Crippen molar-refractivity contribution in [3.63, 3.8) is 0 Å². The van der Waals surface area contributed by atoms with Crippen LogP contribution in [0.5, 0.6) is 0 Å². The fourth-order valence-corrected chi connectivity index (χ4v) is 4.19. The predicted octanol–water partition coefficient (Wildman–Crippen LogP) is 3.07. The molecule has 0 radical (unpaired) electrons. The number of hydrogen-bond acceptors (Lipinski definition) is 6. The molecule has 35 heavy (non-hydrogen) atoms. The molecule has 0 aliphatic heterocycles. The van der Waals surface area contributed by atoms with Gasteiger partial charge in [-0.15, -0.1) is 0 Å². The summed E-state index contributed by atoms with van der Waals surface area (Å²) >= 11 is 0. The third-order valence-corrected chi connectivity index (χ3v) is 6.05. The monoisotopic (exact) mass is 482 g/mol. The molecule has 9 heteroatoms. The molecule has 9 nitrogen and oxygen atoms in total. The van der Waals surface area contributed by atoms with Crippen molar-refractivity contribution in [1.29, 1.82) is 0 Å². The molecule has 186 valence electrons. The van der Waals surface area contributed by atoms with Gasteiger partial charge in [-0.1, -0.05) is 62.4 Å². The zero-order valence-corrected chi connectivity index (χ0v) is 19.9. The lowest BCUT2D eigenvalue weighted by Gasteiger charge is -2.24. The first-order valence-corrected chi connectivity index (χ1v) is 11.4. The third kappa shape index (κ3) is 6.17. The lowest BCUT2D eigenvalue weighted by atomic mass is 9.98. The van der Waals surface area contributed by atoms with E-state index in [1.807, 2.05) is 48.5 Å². The SMILES string of the molecule is COC(=O)CC[C@H](NC(=O)C(NC(=O)OCC1c2ccccc2-c2ccccc21)C(C)C)C(=O)O. The molecule has 1 aliphatic rings. The molecule has 0 heterocycles. The van der Waals surface area contributed by atoms with E-state index in [2.05, 4.69) is 15.4 Å². The van der Waals surface area contributed by atoms with Gasteiger partial charge >= 0.3 is 18.0 Å². The third-order valence-electron chi connectivity index (χ3n) is 6.05. The molecule has 0 bridgehead atoms. The molecular formula is C26H30N2O7. The van der Waals surface area contributed by atoms with Gasteiger partial charge in [-0.25, -0.2) is 9.59 Å². The minimum absolute atomic E-state index is 0.0865. The molecule has 0 spiro atoms. The van der Waals surface area contributed by atoms with E-state index in [0.29, 0.717) is 0 Å². The highest BCUT2D eigenvalue weighted by Gasteiger charge is 2.32. The molecule has 0 saturated heterocycles. The largest absolute Gasteiger partial charge is 0.480 e. The summed E-state index contributed by atoms with van der Waals surface area (Å²) in [5.74, 6) is -3.01. The molecular weight excluding hydrogens is 452 g/mol. The van der Waals surface area contributed by atoms with Crippen LogP contribution >= 0.6 is 0 Å². The van der Waals surface area contributed by atoms with Gasteiger partial charge in [0.25, 0.3) is 0 Å². The van der Waals surface area contributed by atoms with Crippen LogP contribution in [-0.4, -0.2) is 54.8 Å². The fourth-order valence-electron chi connectivity index (χ4n) is 4.19. The Kier molecular flexibility index (Phi) is 8.46. The second kappa shape index (κ2) is 11.5. The van der Waals surface area contributed by atoms with E-state index in [0.717, 1.165) is 22.3 Å². The Labute approximate surface area is 203 Å². The van der Waals surface area contributed by atoms with Crippen molar-refractivity contribution in [3.05, 3.63) is 59.7 Å². The number of carboxylic acid groups (broad SMARTS) is 1. The number of fused-ring (bicyclic) bond motifs is 3. The Morgan fingerprint density at radius 2 is 1.51 bits per heavy atom. The maximum Gasteiger partial charge on any atom is 0.407 e. The quantitative estimate of drug-likeness (QED) is 0.444. The van der Waals surface area contributed by atoms with Crippen molar-refractivity contribution in [1.82, 2.24) is 10.6 Å². The molecule has 0 saturated carbocycles. The normalized spacial score (nSPS) is 13.8. The average molecular weight is 483 g/mol. The van der Waals surface area contributed by atoms with Gasteiger partial charge < -0.3 is 25.2 Å². The van der Waals surface area contributed by atoms with E-state index >= 15 is 0 Å². The van der Waals surface area contributed by atoms with Crippen molar-refractivity contribution >= 4 is 23.9 Å². The summed E-state index contributed by atoms with van der Waals surface area (Å²) in [4.78, 5) is 48.3. The summed E-state index contributed by atoms with van der Waals surface area (Å²) in [5, 5.41) is 14.3. The highest BCUT2D eigenvalue weighted by molar-refractivity contribution is 5.89. The molecule has 0 aromatic heterocycles. The minimum atomic E-state index is -1.30. The van der Waals surface area contributed by atoms with Crippen LogP contribution in [0, 0.1) is 5.92 Å². The molecule has 0 fully saturated rings. The number of nitrogens with one attached hydrogen (secondary N) is 2. The molecule has 1 aliphatic carbocycles. The molecule has 2 atom stereocenters. The molecule has 3 N–H and O–H groups in total. The topological polar surface area (TPSA) is 131 Å². The summed E-state index contributed by atoms with van der Waals surface area (Å²) < 4.78 is 10.0. The number of rotatable bonds is 10. The van der Waals surface area contributed by atoms with Gasteiger partial charge in [0.2, 0.25) is 5.91 Å². The number of carboxylic acids is 1. The lowest BCUT2D eigenvalue weighted by Crippen LogP contribution is -2.53. The zero-order valence-electron chi connectivity index (χ0n) is 19.9. The van der Waals surface area contributed by atoms with Crippen LogP contribution < -0.4 is 10.6 Å². The van der Waals surface area contributed by atoms with E-state index in [-0.39, 0.29) is 31.3 Å². The van der Waals surface area contributed by atoms with Crippen molar-refractivity contribution in [3.8, 4) is 11.1 Å². The lowest BCUT2D eigenvalue weighted by molar-refractivity contribution is -0.144. The highest BCUT2D eigenvalue weighted by atomic mass is 16.5. The standard InChI is InChI=1S/C26H30N2O7/c1-15(2)23(24(30)27-21(25(31)32)12-13-22(29)34-3)28-26(33)35-14-20-18-10-6-4-8-16(18)17-9-5-7-11-19(17)20/h4-11,15,20-21,23H,12-14H2,1-3H3,(H,27,30)(H,28,33)(H,31,32)/t21-,23?/m0/s1. The van der Waals surface area contributed by atoms with E-state index in [1.54, 1.807) is 13.8 Å². The zero-order chi connectivity index (χ0) is 25.5. The van der Waals surface area contributed by atoms with Crippen LogP contribution in [0.3, 0.4) is 0 Å². The minimum Gasteiger partial charge on any atom is -0.480 e. The number of aliphatic carboxylic acids is 1. The number of methoxy groups -OCH3 is 1. The van der Waals surface area contributed by atoms with Gasteiger partial charge in [0.05, 0.1) is 7.11 Å². The van der Waals surface area contributed by atoms with Gasteiger partial charge in [-0.05, 0) is 34.6 Å². The number of hydrogen-bond donors (Lipinski definition) is 3. The van der Waals surface area contributed by atoms with Crippen LogP contribution in [-0.2, 0) is 23.9 Å². The van der Waals surface area contributed by atoms with E-state index in [1.165, 1.54) is 7.11 Å². The van der Waals surface area contributed by atoms with Crippen LogP contribution in [0.1, 0.15) is 43.7 Å². The Bertz CT molecular complexity index is 1050. The number of esters is 1. The summed E-state index contributed by atoms with van der Waals surface area (Å²) in [5.41, 5.74) is 4.33. The van der Waals surface area contributed by atoms with Crippen molar-refractivity contribution in [2.24, 2.45) is 5.92 Å². The van der Waals surface area contributed by atoms with Crippen molar-refractivity contribution < 1.29 is 33.8 Å². The number of ether oxygens (including phenoxy) is 2. The van der Waals surface area contributed by atoms with Crippen molar-refractivity contribution in [2.75, 3.05) is 13.7 Å². The number of alkyl carbamates (subject to hydrolysis) is 1. The van der Waals surface area contributed by atoms with Gasteiger partial charge in [0.1, 0.15) is 18.7 Å². The van der Waals surface area contributed by atoms with Crippen LogP contribution in [0.4, 0.5) is 4.79 Å². The second-order valence-electron chi connectivity index (χ2n) is 8.71. The van der Waals surface area contributed by atoms with Gasteiger partial charge in [0, 0.05) is 12.3 Å².